The van der Waals surface area contributed by atoms with Gasteiger partial charge in [0.1, 0.15) is 0 Å². The van der Waals surface area contributed by atoms with E-state index in [0.717, 1.165) is 25.7 Å². The third-order valence-corrected chi connectivity index (χ3v) is 3.34. The number of carboxylic acid groups (broad SMARTS) is 1. The number of hydrogen-bond acceptors (Lipinski definition) is 1. The Hall–Kier alpha value is -1.09. The van der Waals surface area contributed by atoms with E-state index in [1.54, 1.807) is 0 Å². The Morgan fingerprint density at radius 3 is 1.90 bits per heavy atom. The molecule has 0 rings (SSSR count). The smallest absolute Gasteiger partial charge is 0.303 e. The van der Waals surface area contributed by atoms with Gasteiger partial charge >= 0.3 is 5.97 Å². The normalized spacial score (nSPS) is 11.1. The van der Waals surface area contributed by atoms with E-state index < -0.39 is 5.97 Å². The van der Waals surface area contributed by atoms with Gasteiger partial charge < -0.3 is 11.3 Å². The summed E-state index contributed by atoms with van der Waals surface area (Å²) in [5.74, 6) is -0.671. The molecule has 3 heteroatoms. The molecule has 0 amide bonds. The molecular formula is C18H36NO2+. The monoisotopic (exact) mass is 298 g/mol. The largest absolute Gasteiger partial charge is 0.481 e. The van der Waals surface area contributed by atoms with Crippen molar-refractivity contribution in [2.75, 3.05) is 0 Å². The average molecular weight is 298 g/mol. The SMILES string of the molecule is CCCCC/C=C\C/C=C\CCCCCCCC(=O)O.[NH4+]. The summed E-state index contributed by atoms with van der Waals surface area (Å²) in [5, 5.41) is 8.50. The Labute approximate surface area is 131 Å². The van der Waals surface area contributed by atoms with Crippen molar-refractivity contribution in [2.24, 2.45) is 0 Å². The highest BCUT2D eigenvalue weighted by atomic mass is 16.4. The number of carboxylic acids is 1. The summed E-state index contributed by atoms with van der Waals surface area (Å²) in [4.78, 5) is 10.3. The highest BCUT2D eigenvalue weighted by Gasteiger charge is 1.95. The molecule has 3 nitrogen and oxygen atoms in total. The molecule has 0 atom stereocenters. The molecule has 0 fully saturated rings. The van der Waals surface area contributed by atoms with Crippen LogP contribution in [-0.4, -0.2) is 11.1 Å². The van der Waals surface area contributed by atoms with Crippen LogP contribution in [0.3, 0.4) is 0 Å². The van der Waals surface area contributed by atoms with Crippen molar-refractivity contribution in [1.29, 1.82) is 0 Å². The van der Waals surface area contributed by atoms with E-state index in [2.05, 4.69) is 31.2 Å². The van der Waals surface area contributed by atoms with Crippen LogP contribution in [0.5, 0.6) is 0 Å². The lowest BCUT2D eigenvalue weighted by Crippen LogP contribution is -1.93. The van der Waals surface area contributed by atoms with Crippen LogP contribution < -0.4 is 6.15 Å². The Balaban J connectivity index is 0. The fourth-order valence-corrected chi connectivity index (χ4v) is 2.09. The summed E-state index contributed by atoms with van der Waals surface area (Å²) in [5.41, 5.74) is 0. The standard InChI is InChI=1S/C18H32O2.H3N/c1-2-3-4-5-6-7-8-9-10-11-12-13-14-15-16-17-18(19)20;/h6-7,9-10H,2-5,8,11-17H2,1H3,(H,19,20);1H3/p+1/b7-6-,10-9-;. The molecular weight excluding hydrogens is 262 g/mol. The van der Waals surface area contributed by atoms with Crippen LogP contribution in [0.4, 0.5) is 0 Å². The summed E-state index contributed by atoms with van der Waals surface area (Å²) in [6.07, 6.45) is 22.3. The van der Waals surface area contributed by atoms with Gasteiger partial charge in [0, 0.05) is 6.42 Å². The molecule has 124 valence electrons. The molecule has 0 unspecified atom stereocenters. The molecule has 0 aliphatic carbocycles. The molecule has 21 heavy (non-hydrogen) atoms. The Kier molecular flexibility index (Phi) is 20.0. The number of hydrogen-bond donors (Lipinski definition) is 2. The summed E-state index contributed by atoms with van der Waals surface area (Å²) < 4.78 is 0. The van der Waals surface area contributed by atoms with E-state index in [0.29, 0.717) is 6.42 Å². The summed E-state index contributed by atoms with van der Waals surface area (Å²) in [7, 11) is 0. The number of aliphatic carboxylic acids is 1. The third kappa shape index (κ3) is 21.4. The molecule has 0 aromatic rings. The van der Waals surface area contributed by atoms with Gasteiger partial charge in [0.25, 0.3) is 0 Å². The second kappa shape index (κ2) is 18.9. The zero-order chi connectivity index (χ0) is 14.9. The van der Waals surface area contributed by atoms with Gasteiger partial charge in [-0.15, -0.1) is 0 Å². The minimum absolute atomic E-state index is 0. The van der Waals surface area contributed by atoms with Gasteiger partial charge in [-0.2, -0.15) is 0 Å². The third-order valence-electron chi connectivity index (χ3n) is 3.34. The molecule has 0 aliphatic heterocycles. The van der Waals surface area contributed by atoms with E-state index in [1.165, 1.54) is 44.9 Å². The highest BCUT2D eigenvalue weighted by molar-refractivity contribution is 5.66. The highest BCUT2D eigenvalue weighted by Crippen LogP contribution is 2.08. The first-order chi connectivity index (χ1) is 9.77. The van der Waals surface area contributed by atoms with E-state index in [1.807, 2.05) is 0 Å². The molecule has 0 heterocycles. The number of unbranched alkanes of at least 4 members (excludes halogenated alkanes) is 8. The fraction of sp³-hybridized carbons (Fsp3) is 0.722. The van der Waals surface area contributed by atoms with Crippen LogP contribution in [0.15, 0.2) is 24.3 Å². The molecule has 0 bridgehead atoms. The molecule has 5 N–H and O–H groups in total. The van der Waals surface area contributed by atoms with Gasteiger partial charge in [0.15, 0.2) is 0 Å². The molecule has 0 aliphatic rings. The lowest BCUT2D eigenvalue weighted by atomic mass is 10.1. The topological polar surface area (TPSA) is 73.8 Å². The number of allylic oxidation sites excluding steroid dienone is 4. The van der Waals surface area contributed by atoms with Gasteiger partial charge in [0.05, 0.1) is 0 Å². The van der Waals surface area contributed by atoms with Crippen LogP contribution in [0.25, 0.3) is 0 Å². The van der Waals surface area contributed by atoms with Crippen molar-refractivity contribution in [2.45, 2.75) is 84.0 Å². The second-order valence-electron chi connectivity index (χ2n) is 5.37. The summed E-state index contributed by atoms with van der Waals surface area (Å²) in [6.45, 7) is 2.23. The fourth-order valence-electron chi connectivity index (χ4n) is 2.09. The molecule has 0 aromatic heterocycles. The molecule has 0 saturated carbocycles. The summed E-state index contributed by atoms with van der Waals surface area (Å²) in [6, 6.07) is 0. The number of carbonyl (C=O) groups is 1. The van der Waals surface area contributed by atoms with Crippen molar-refractivity contribution in [3.05, 3.63) is 24.3 Å². The predicted molar refractivity (Wildman–Crippen MR) is 93.0 cm³/mol. The van der Waals surface area contributed by atoms with Crippen molar-refractivity contribution in [1.82, 2.24) is 6.15 Å². The lowest BCUT2D eigenvalue weighted by Gasteiger charge is -1.98. The van der Waals surface area contributed by atoms with Crippen LogP contribution in [0, 0.1) is 0 Å². The van der Waals surface area contributed by atoms with E-state index in [-0.39, 0.29) is 6.15 Å². The number of quaternary nitrogens is 1. The molecule has 0 saturated heterocycles. The quantitative estimate of drug-likeness (QED) is 0.293. The second-order valence-corrected chi connectivity index (χ2v) is 5.37. The number of rotatable bonds is 14. The zero-order valence-corrected chi connectivity index (χ0v) is 14.2. The Morgan fingerprint density at radius 2 is 1.33 bits per heavy atom. The predicted octanol–water partition coefficient (Wildman–Crippen LogP) is 6.26. The van der Waals surface area contributed by atoms with E-state index in [9.17, 15) is 4.79 Å². The first-order valence-corrected chi connectivity index (χ1v) is 8.29. The van der Waals surface area contributed by atoms with Crippen LogP contribution in [0.1, 0.15) is 84.0 Å². The Morgan fingerprint density at radius 1 is 0.810 bits per heavy atom. The van der Waals surface area contributed by atoms with E-state index in [4.69, 9.17) is 5.11 Å². The first-order valence-electron chi connectivity index (χ1n) is 8.29. The zero-order valence-electron chi connectivity index (χ0n) is 14.2. The van der Waals surface area contributed by atoms with Gasteiger partial charge in [-0.3, -0.25) is 4.79 Å². The van der Waals surface area contributed by atoms with Crippen LogP contribution >= 0.6 is 0 Å². The van der Waals surface area contributed by atoms with Crippen molar-refractivity contribution >= 4 is 5.97 Å². The maximum Gasteiger partial charge on any atom is 0.303 e. The van der Waals surface area contributed by atoms with E-state index >= 15 is 0 Å². The average Bonchev–Trinajstić information content (AvgIpc) is 2.43. The Bertz CT molecular complexity index is 272. The molecule has 0 spiro atoms. The van der Waals surface area contributed by atoms with Crippen molar-refractivity contribution < 1.29 is 9.90 Å². The van der Waals surface area contributed by atoms with Crippen molar-refractivity contribution in [3.8, 4) is 0 Å². The van der Waals surface area contributed by atoms with Gasteiger partial charge in [-0.25, -0.2) is 0 Å². The minimum Gasteiger partial charge on any atom is -0.481 e. The van der Waals surface area contributed by atoms with Gasteiger partial charge in [-0.1, -0.05) is 63.3 Å². The maximum absolute atomic E-state index is 10.3. The summed E-state index contributed by atoms with van der Waals surface area (Å²) >= 11 is 0. The van der Waals surface area contributed by atoms with Gasteiger partial charge in [-0.05, 0) is 38.5 Å². The van der Waals surface area contributed by atoms with Crippen molar-refractivity contribution in [3.63, 3.8) is 0 Å². The van der Waals surface area contributed by atoms with Crippen LogP contribution in [-0.2, 0) is 4.79 Å². The van der Waals surface area contributed by atoms with Crippen LogP contribution in [0.2, 0.25) is 0 Å². The maximum atomic E-state index is 10.3. The van der Waals surface area contributed by atoms with Gasteiger partial charge in [0.2, 0.25) is 0 Å². The molecule has 0 aromatic carbocycles. The first kappa shape index (κ1) is 22.2. The minimum atomic E-state index is -0.671. The lowest BCUT2D eigenvalue weighted by molar-refractivity contribution is -0.137. The molecule has 0 radical (unpaired) electrons.